The van der Waals surface area contributed by atoms with Crippen molar-refractivity contribution in [3.63, 3.8) is 0 Å². The Bertz CT molecular complexity index is 1200. The molecule has 2 aromatic carbocycles. The van der Waals surface area contributed by atoms with Crippen molar-refractivity contribution in [2.24, 2.45) is 0 Å². The molecule has 0 bridgehead atoms. The Hall–Kier alpha value is -2.90. The standard InChI is InChI=1S/C21H25N5O2/c1-4-22-12-15-13-8-9-14(23-10-11-25(2)3)18-20(13)26(24-15)16-6-5-7-17(27)19(16)21(18)28/h5-9,22-23,28H,4,10-12H2,1-3H3. The summed E-state index contributed by atoms with van der Waals surface area (Å²) in [5.41, 5.74) is 2.95. The number of pyridine rings is 1. The van der Waals surface area contributed by atoms with Gasteiger partial charge in [-0.1, -0.05) is 13.0 Å². The van der Waals surface area contributed by atoms with Gasteiger partial charge in [0.1, 0.15) is 5.75 Å². The van der Waals surface area contributed by atoms with Crippen molar-refractivity contribution in [1.82, 2.24) is 19.8 Å². The van der Waals surface area contributed by atoms with Crippen LogP contribution in [0.5, 0.6) is 5.75 Å². The summed E-state index contributed by atoms with van der Waals surface area (Å²) in [4.78, 5) is 14.6. The Morgan fingerprint density at radius 3 is 2.75 bits per heavy atom. The first kappa shape index (κ1) is 18.5. The Kier molecular flexibility index (Phi) is 4.78. The Balaban J connectivity index is 2.03. The van der Waals surface area contributed by atoms with E-state index in [1.807, 2.05) is 39.2 Å². The van der Waals surface area contributed by atoms with Crippen LogP contribution < -0.4 is 16.1 Å². The van der Waals surface area contributed by atoms with Gasteiger partial charge in [-0.25, -0.2) is 4.52 Å². The molecule has 7 heteroatoms. The van der Waals surface area contributed by atoms with Crippen LogP contribution in [0.4, 0.5) is 5.69 Å². The summed E-state index contributed by atoms with van der Waals surface area (Å²) in [6, 6.07) is 9.00. The molecule has 0 saturated heterocycles. The highest BCUT2D eigenvalue weighted by Gasteiger charge is 2.21. The lowest BCUT2D eigenvalue weighted by atomic mass is 10.0. The number of nitrogens with one attached hydrogen (secondary N) is 2. The van der Waals surface area contributed by atoms with E-state index < -0.39 is 0 Å². The molecule has 0 fully saturated rings. The van der Waals surface area contributed by atoms with Crippen LogP contribution in [0.2, 0.25) is 0 Å². The molecule has 0 saturated carbocycles. The first-order chi connectivity index (χ1) is 13.5. The van der Waals surface area contributed by atoms with E-state index in [4.69, 9.17) is 5.10 Å². The molecule has 0 unspecified atom stereocenters. The van der Waals surface area contributed by atoms with Crippen molar-refractivity contribution in [2.45, 2.75) is 13.5 Å². The largest absolute Gasteiger partial charge is 0.506 e. The summed E-state index contributed by atoms with van der Waals surface area (Å²) in [5, 5.41) is 24.5. The molecule has 3 N–H and O–H groups in total. The van der Waals surface area contributed by atoms with E-state index in [-0.39, 0.29) is 11.2 Å². The zero-order valence-corrected chi connectivity index (χ0v) is 16.4. The first-order valence-electron chi connectivity index (χ1n) is 9.54. The smallest absolute Gasteiger partial charge is 0.191 e. The average molecular weight is 379 g/mol. The Morgan fingerprint density at radius 2 is 2.00 bits per heavy atom. The minimum absolute atomic E-state index is 0.0148. The molecule has 2 heterocycles. The van der Waals surface area contributed by atoms with Gasteiger partial charge in [0.25, 0.3) is 0 Å². The molecule has 4 aromatic rings. The van der Waals surface area contributed by atoms with Gasteiger partial charge in [0.05, 0.1) is 27.5 Å². The quantitative estimate of drug-likeness (QED) is 0.427. The molecule has 28 heavy (non-hydrogen) atoms. The zero-order valence-electron chi connectivity index (χ0n) is 16.4. The lowest BCUT2D eigenvalue weighted by Gasteiger charge is -2.15. The fraction of sp³-hybridized carbons (Fsp3) is 0.333. The predicted molar refractivity (Wildman–Crippen MR) is 114 cm³/mol. The SMILES string of the molecule is CCNCc1nn2c3cccc(=O)c3c(O)c3c(NCCN(C)C)ccc1c32. The number of aromatic nitrogens is 2. The van der Waals surface area contributed by atoms with E-state index in [2.05, 4.69) is 15.5 Å². The molecule has 0 radical (unpaired) electrons. The topological polar surface area (TPSA) is 81.9 Å². The Labute approximate surface area is 162 Å². The van der Waals surface area contributed by atoms with Crippen LogP contribution in [0.3, 0.4) is 0 Å². The van der Waals surface area contributed by atoms with Gasteiger partial charge in [-0.15, -0.1) is 0 Å². The van der Waals surface area contributed by atoms with Crippen molar-refractivity contribution < 1.29 is 5.11 Å². The highest BCUT2D eigenvalue weighted by Crippen LogP contribution is 2.40. The summed E-state index contributed by atoms with van der Waals surface area (Å²) in [6.45, 7) is 5.09. The number of benzene rings is 2. The minimum Gasteiger partial charge on any atom is -0.506 e. The van der Waals surface area contributed by atoms with Crippen LogP contribution in [-0.4, -0.2) is 53.4 Å². The molecule has 0 spiro atoms. The van der Waals surface area contributed by atoms with E-state index in [1.54, 1.807) is 10.6 Å². The maximum absolute atomic E-state index is 12.5. The van der Waals surface area contributed by atoms with E-state index in [9.17, 15) is 9.90 Å². The molecule has 0 aliphatic carbocycles. The van der Waals surface area contributed by atoms with Crippen LogP contribution in [0.15, 0.2) is 35.1 Å². The van der Waals surface area contributed by atoms with Crippen LogP contribution in [0, 0.1) is 0 Å². The highest BCUT2D eigenvalue weighted by molar-refractivity contribution is 6.13. The van der Waals surface area contributed by atoms with Gasteiger partial charge in [-0.05, 0) is 44.9 Å². The van der Waals surface area contributed by atoms with Crippen LogP contribution in [0.25, 0.3) is 27.2 Å². The summed E-state index contributed by atoms with van der Waals surface area (Å²) in [5.74, 6) is 0.0148. The van der Waals surface area contributed by atoms with Crippen LogP contribution in [0.1, 0.15) is 12.6 Å². The molecule has 0 amide bonds. The van der Waals surface area contributed by atoms with Gasteiger partial charge >= 0.3 is 0 Å². The number of hydrogen-bond donors (Lipinski definition) is 3. The van der Waals surface area contributed by atoms with Crippen molar-refractivity contribution in [3.05, 3.63) is 46.2 Å². The predicted octanol–water partition coefficient (Wildman–Crippen LogP) is 2.23. The minimum atomic E-state index is -0.208. The second-order valence-electron chi connectivity index (χ2n) is 7.25. The maximum atomic E-state index is 12.5. The van der Waals surface area contributed by atoms with Gasteiger partial charge in [-0.3, -0.25) is 4.79 Å². The molecule has 0 aliphatic rings. The summed E-state index contributed by atoms with van der Waals surface area (Å²) in [7, 11) is 4.03. The number of likely N-dealkylation sites (N-methyl/N-ethyl adjacent to an activating group) is 1. The summed E-state index contributed by atoms with van der Waals surface area (Å²) >= 11 is 0. The van der Waals surface area contributed by atoms with Crippen LogP contribution >= 0.6 is 0 Å². The molecular weight excluding hydrogens is 354 g/mol. The molecule has 4 rings (SSSR count). The zero-order chi connectivity index (χ0) is 19.8. The molecule has 146 valence electrons. The van der Waals surface area contributed by atoms with Crippen molar-refractivity contribution >= 4 is 32.9 Å². The number of hydrogen-bond acceptors (Lipinski definition) is 6. The monoisotopic (exact) mass is 379 g/mol. The third-order valence-electron chi connectivity index (χ3n) is 5.04. The van der Waals surface area contributed by atoms with Gasteiger partial charge in [-0.2, -0.15) is 5.10 Å². The number of anilines is 1. The lowest BCUT2D eigenvalue weighted by molar-refractivity contribution is 0.425. The number of fused-ring (bicyclic) bond motifs is 2. The number of aromatic hydroxyl groups is 1. The summed E-state index contributed by atoms with van der Waals surface area (Å²) in [6.07, 6.45) is 0. The maximum Gasteiger partial charge on any atom is 0.191 e. The van der Waals surface area contributed by atoms with Gasteiger partial charge in [0.15, 0.2) is 5.43 Å². The molecule has 0 aliphatic heterocycles. The lowest BCUT2D eigenvalue weighted by Crippen LogP contribution is -2.20. The third kappa shape index (κ3) is 2.93. The summed E-state index contributed by atoms with van der Waals surface area (Å²) < 4.78 is 1.80. The number of rotatable bonds is 7. The normalized spacial score (nSPS) is 12.0. The molecule has 2 aromatic heterocycles. The van der Waals surface area contributed by atoms with Crippen molar-refractivity contribution in [2.75, 3.05) is 39.0 Å². The van der Waals surface area contributed by atoms with Crippen molar-refractivity contribution in [3.8, 4) is 5.75 Å². The third-order valence-corrected chi connectivity index (χ3v) is 5.04. The Morgan fingerprint density at radius 1 is 1.18 bits per heavy atom. The van der Waals surface area contributed by atoms with Crippen LogP contribution in [-0.2, 0) is 6.54 Å². The molecule has 7 nitrogen and oxygen atoms in total. The second-order valence-corrected chi connectivity index (χ2v) is 7.25. The van der Waals surface area contributed by atoms with Gasteiger partial charge < -0.3 is 20.6 Å². The fourth-order valence-corrected chi connectivity index (χ4v) is 3.68. The first-order valence-corrected chi connectivity index (χ1v) is 9.54. The fourth-order valence-electron chi connectivity index (χ4n) is 3.68. The molecular formula is C21H25N5O2. The highest BCUT2D eigenvalue weighted by atomic mass is 16.3. The van der Waals surface area contributed by atoms with Gasteiger partial charge in [0, 0.05) is 30.7 Å². The second kappa shape index (κ2) is 7.26. The average Bonchev–Trinajstić information content (AvgIpc) is 3.03. The van der Waals surface area contributed by atoms with E-state index in [0.717, 1.165) is 41.9 Å². The van der Waals surface area contributed by atoms with E-state index >= 15 is 0 Å². The molecule has 0 atom stereocenters. The van der Waals surface area contributed by atoms with Crippen molar-refractivity contribution in [1.29, 1.82) is 0 Å². The number of nitrogens with zero attached hydrogens (tertiary/aromatic N) is 3. The van der Waals surface area contributed by atoms with E-state index in [1.165, 1.54) is 6.07 Å². The van der Waals surface area contributed by atoms with Gasteiger partial charge in [0.2, 0.25) is 0 Å². The van der Waals surface area contributed by atoms with E-state index in [0.29, 0.717) is 22.8 Å².